The largest absolute Gasteiger partial charge is 0.488 e. The third-order valence-electron chi connectivity index (χ3n) is 3.38. The Balaban J connectivity index is 2.05. The van der Waals surface area contributed by atoms with Gasteiger partial charge in [0.25, 0.3) is 0 Å². The highest BCUT2D eigenvalue weighted by Crippen LogP contribution is 2.39. The third kappa shape index (κ3) is 2.20. The van der Waals surface area contributed by atoms with Gasteiger partial charge in [0.05, 0.1) is 7.11 Å². The molecular weight excluding hydrogens is 259 g/mol. The number of ether oxygens (including phenoxy) is 2. The number of rotatable bonds is 3. The van der Waals surface area contributed by atoms with Crippen LogP contribution in [0.15, 0.2) is 30.5 Å². The Kier molecular flexibility index (Phi) is 3.28. The molecular formula is C15H15FN2O2. The molecule has 0 radical (unpaired) electrons. The highest BCUT2D eigenvalue weighted by Gasteiger charge is 2.26. The molecule has 0 unspecified atom stereocenters. The molecule has 1 aliphatic rings. The lowest BCUT2D eigenvalue weighted by atomic mass is 10.0. The number of hydrogen-bond donors (Lipinski definition) is 1. The predicted octanol–water partition coefficient (Wildman–Crippen LogP) is 2.16. The maximum atomic E-state index is 13.8. The summed E-state index contributed by atoms with van der Waals surface area (Å²) in [6.07, 6.45) is 2.20. The highest BCUT2D eigenvalue weighted by atomic mass is 19.1. The summed E-state index contributed by atoms with van der Waals surface area (Å²) in [4.78, 5) is 4.14. The van der Waals surface area contributed by atoms with Gasteiger partial charge in [0, 0.05) is 41.9 Å². The molecule has 2 aromatic rings. The van der Waals surface area contributed by atoms with Gasteiger partial charge in [0.15, 0.2) is 0 Å². The van der Waals surface area contributed by atoms with Gasteiger partial charge in [0.1, 0.15) is 17.7 Å². The molecule has 4 nitrogen and oxygen atoms in total. The zero-order valence-corrected chi connectivity index (χ0v) is 11.1. The SMILES string of the molecule is COc1ccc(-c2cc(F)cc3c2O[C@@H](CN)C3)cn1. The lowest BCUT2D eigenvalue weighted by Gasteiger charge is -2.11. The van der Waals surface area contributed by atoms with Crippen molar-refractivity contribution in [2.45, 2.75) is 12.5 Å². The van der Waals surface area contributed by atoms with Gasteiger partial charge in [-0.3, -0.25) is 0 Å². The van der Waals surface area contributed by atoms with E-state index in [4.69, 9.17) is 15.2 Å². The number of fused-ring (bicyclic) bond motifs is 1. The lowest BCUT2D eigenvalue weighted by molar-refractivity contribution is 0.242. The van der Waals surface area contributed by atoms with E-state index in [1.807, 2.05) is 6.07 Å². The molecule has 0 saturated carbocycles. The molecule has 1 aliphatic heterocycles. The first-order valence-corrected chi connectivity index (χ1v) is 6.41. The van der Waals surface area contributed by atoms with Gasteiger partial charge in [-0.05, 0) is 18.2 Å². The predicted molar refractivity (Wildman–Crippen MR) is 73.4 cm³/mol. The van der Waals surface area contributed by atoms with E-state index in [1.54, 1.807) is 19.4 Å². The van der Waals surface area contributed by atoms with Crippen LogP contribution in [-0.4, -0.2) is 24.7 Å². The molecule has 0 saturated heterocycles. The van der Waals surface area contributed by atoms with Gasteiger partial charge in [-0.1, -0.05) is 0 Å². The van der Waals surface area contributed by atoms with Crippen molar-refractivity contribution in [3.05, 3.63) is 41.8 Å². The standard InChI is InChI=1S/C15H15FN2O2/c1-19-14-3-2-9(8-18-14)13-6-11(16)4-10-5-12(7-17)20-15(10)13/h2-4,6,8,12H,5,7,17H2,1H3/t12-/m1/s1. The number of methoxy groups -OCH3 is 1. The lowest BCUT2D eigenvalue weighted by Crippen LogP contribution is -2.24. The summed E-state index contributed by atoms with van der Waals surface area (Å²) < 4.78 is 24.6. The minimum atomic E-state index is -0.282. The van der Waals surface area contributed by atoms with E-state index < -0.39 is 0 Å². The van der Waals surface area contributed by atoms with Gasteiger partial charge in [-0.25, -0.2) is 9.37 Å². The first kappa shape index (κ1) is 12.9. The van der Waals surface area contributed by atoms with Crippen molar-refractivity contribution >= 4 is 0 Å². The maximum absolute atomic E-state index is 13.8. The van der Waals surface area contributed by atoms with Crippen LogP contribution in [0, 0.1) is 5.82 Å². The first-order chi connectivity index (χ1) is 9.71. The molecule has 104 valence electrons. The van der Waals surface area contributed by atoms with E-state index >= 15 is 0 Å². The Labute approximate surface area is 116 Å². The minimum absolute atomic E-state index is 0.0863. The Morgan fingerprint density at radius 1 is 1.45 bits per heavy atom. The third-order valence-corrected chi connectivity index (χ3v) is 3.38. The Morgan fingerprint density at radius 3 is 2.95 bits per heavy atom. The second-order valence-corrected chi connectivity index (χ2v) is 4.71. The zero-order valence-electron chi connectivity index (χ0n) is 11.1. The normalized spacial score (nSPS) is 16.6. The van der Waals surface area contributed by atoms with Crippen LogP contribution in [0.5, 0.6) is 11.6 Å². The first-order valence-electron chi connectivity index (χ1n) is 6.41. The highest BCUT2D eigenvalue weighted by molar-refractivity contribution is 5.72. The molecule has 2 heterocycles. The number of benzene rings is 1. The number of hydrogen-bond acceptors (Lipinski definition) is 4. The average Bonchev–Trinajstić information content (AvgIpc) is 2.89. The number of aromatic nitrogens is 1. The van der Waals surface area contributed by atoms with Crippen molar-refractivity contribution in [1.82, 2.24) is 4.98 Å². The van der Waals surface area contributed by atoms with Crippen molar-refractivity contribution in [2.24, 2.45) is 5.73 Å². The summed E-state index contributed by atoms with van der Waals surface area (Å²) in [7, 11) is 1.55. The number of nitrogens with two attached hydrogens (primary N) is 1. The molecule has 0 aliphatic carbocycles. The molecule has 0 fully saturated rings. The van der Waals surface area contributed by atoms with E-state index in [2.05, 4.69) is 4.98 Å². The van der Waals surface area contributed by atoms with E-state index in [9.17, 15) is 4.39 Å². The molecule has 3 rings (SSSR count). The van der Waals surface area contributed by atoms with Gasteiger partial charge in [-0.15, -0.1) is 0 Å². The Hall–Kier alpha value is -2.14. The molecule has 1 atom stereocenters. The van der Waals surface area contributed by atoms with E-state index in [1.165, 1.54) is 12.1 Å². The fourth-order valence-electron chi connectivity index (χ4n) is 2.40. The van der Waals surface area contributed by atoms with Crippen LogP contribution < -0.4 is 15.2 Å². The fourth-order valence-corrected chi connectivity index (χ4v) is 2.40. The van der Waals surface area contributed by atoms with Crippen molar-refractivity contribution in [3.63, 3.8) is 0 Å². The minimum Gasteiger partial charge on any atom is -0.488 e. The Bertz CT molecular complexity index is 629. The molecule has 0 amide bonds. The molecule has 5 heteroatoms. The van der Waals surface area contributed by atoms with Crippen LogP contribution in [0.25, 0.3) is 11.1 Å². The summed E-state index contributed by atoms with van der Waals surface area (Å²) in [5.41, 5.74) is 7.97. The summed E-state index contributed by atoms with van der Waals surface area (Å²) in [5, 5.41) is 0. The fraction of sp³-hybridized carbons (Fsp3) is 0.267. The molecule has 20 heavy (non-hydrogen) atoms. The van der Waals surface area contributed by atoms with Gasteiger partial charge >= 0.3 is 0 Å². The van der Waals surface area contributed by atoms with E-state index in [0.717, 1.165) is 11.1 Å². The van der Waals surface area contributed by atoms with Gasteiger partial charge < -0.3 is 15.2 Å². The molecule has 2 N–H and O–H groups in total. The van der Waals surface area contributed by atoms with Crippen molar-refractivity contribution in [2.75, 3.05) is 13.7 Å². The molecule has 0 spiro atoms. The van der Waals surface area contributed by atoms with E-state index in [-0.39, 0.29) is 11.9 Å². The Morgan fingerprint density at radius 2 is 2.30 bits per heavy atom. The summed E-state index contributed by atoms with van der Waals surface area (Å²) in [6, 6.07) is 6.54. The van der Waals surface area contributed by atoms with Gasteiger partial charge in [-0.2, -0.15) is 0 Å². The second-order valence-electron chi connectivity index (χ2n) is 4.71. The van der Waals surface area contributed by atoms with Crippen LogP contribution in [0.2, 0.25) is 0 Å². The van der Waals surface area contributed by atoms with Crippen LogP contribution in [-0.2, 0) is 6.42 Å². The van der Waals surface area contributed by atoms with Crippen molar-refractivity contribution in [3.8, 4) is 22.8 Å². The number of nitrogens with zero attached hydrogens (tertiary/aromatic N) is 1. The number of pyridine rings is 1. The quantitative estimate of drug-likeness (QED) is 0.931. The average molecular weight is 274 g/mol. The van der Waals surface area contributed by atoms with Crippen LogP contribution in [0.4, 0.5) is 4.39 Å². The zero-order chi connectivity index (χ0) is 14.1. The molecule has 1 aromatic carbocycles. The maximum Gasteiger partial charge on any atom is 0.212 e. The summed E-state index contributed by atoms with van der Waals surface area (Å²) >= 11 is 0. The van der Waals surface area contributed by atoms with E-state index in [0.29, 0.717) is 30.2 Å². The summed E-state index contributed by atoms with van der Waals surface area (Å²) in [5.74, 6) is 0.937. The monoisotopic (exact) mass is 274 g/mol. The van der Waals surface area contributed by atoms with Gasteiger partial charge in [0.2, 0.25) is 5.88 Å². The second kappa shape index (κ2) is 5.09. The number of halogens is 1. The molecule has 0 bridgehead atoms. The van der Waals surface area contributed by atoms with Crippen LogP contribution >= 0.6 is 0 Å². The summed E-state index contributed by atoms with van der Waals surface area (Å²) in [6.45, 7) is 0.413. The smallest absolute Gasteiger partial charge is 0.212 e. The van der Waals surface area contributed by atoms with Crippen LogP contribution in [0.3, 0.4) is 0 Å². The molecule has 1 aromatic heterocycles. The van der Waals surface area contributed by atoms with Crippen molar-refractivity contribution < 1.29 is 13.9 Å². The van der Waals surface area contributed by atoms with Crippen molar-refractivity contribution in [1.29, 1.82) is 0 Å². The van der Waals surface area contributed by atoms with Crippen LogP contribution in [0.1, 0.15) is 5.56 Å². The topological polar surface area (TPSA) is 57.4 Å².